The fourth-order valence-corrected chi connectivity index (χ4v) is 3.86. The van der Waals surface area contributed by atoms with Gasteiger partial charge in [-0.15, -0.1) is 0 Å². The van der Waals surface area contributed by atoms with Gasteiger partial charge in [0.1, 0.15) is 0 Å². The SMILES string of the molecule is [CH2]CCCCC/C=C/CCCCCCC(CCCCCC[CH2])C(C)CC. The zero-order valence-corrected chi connectivity index (χ0v) is 18.5. The lowest BCUT2D eigenvalue weighted by Crippen LogP contribution is -2.11. The Balaban J connectivity index is 3.61. The molecule has 0 saturated carbocycles. The van der Waals surface area contributed by atoms with Crippen LogP contribution in [0, 0.1) is 25.7 Å². The molecule has 0 aromatic heterocycles. The van der Waals surface area contributed by atoms with Crippen LogP contribution < -0.4 is 0 Å². The van der Waals surface area contributed by atoms with Gasteiger partial charge in [-0.25, -0.2) is 0 Å². The Morgan fingerprint density at radius 1 is 0.615 bits per heavy atom. The molecule has 0 fully saturated rings. The van der Waals surface area contributed by atoms with Crippen LogP contribution >= 0.6 is 0 Å². The van der Waals surface area contributed by atoms with Crippen molar-refractivity contribution >= 4 is 0 Å². The van der Waals surface area contributed by atoms with Gasteiger partial charge in [0.2, 0.25) is 0 Å². The minimum Gasteiger partial charge on any atom is -0.0885 e. The molecule has 0 bridgehead atoms. The molecule has 2 radical (unpaired) electrons. The van der Waals surface area contributed by atoms with Crippen molar-refractivity contribution in [3.05, 3.63) is 26.0 Å². The van der Waals surface area contributed by atoms with Crippen LogP contribution in [0.1, 0.15) is 129 Å². The molecule has 0 amide bonds. The first kappa shape index (κ1) is 25.7. The second-order valence-electron chi connectivity index (χ2n) is 8.37. The Labute approximate surface area is 167 Å². The average Bonchev–Trinajstić information content (AvgIpc) is 2.66. The molecule has 2 unspecified atom stereocenters. The van der Waals surface area contributed by atoms with E-state index in [2.05, 4.69) is 39.8 Å². The summed E-state index contributed by atoms with van der Waals surface area (Å²) in [5.41, 5.74) is 0. The average molecular weight is 363 g/mol. The summed E-state index contributed by atoms with van der Waals surface area (Å²) in [6, 6.07) is 0. The first-order valence-corrected chi connectivity index (χ1v) is 12.0. The van der Waals surface area contributed by atoms with Gasteiger partial charge in [0.05, 0.1) is 0 Å². The Morgan fingerprint density at radius 3 is 1.50 bits per heavy atom. The molecule has 0 spiro atoms. The zero-order chi connectivity index (χ0) is 19.3. The van der Waals surface area contributed by atoms with E-state index in [9.17, 15) is 0 Å². The summed E-state index contributed by atoms with van der Waals surface area (Å²) >= 11 is 0. The van der Waals surface area contributed by atoms with Gasteiger partial charge in [-0.05, 0) is 37.5 Å². The maximum Gasteiger partial charge on any atom is -0.0351 e. The first-order chi connectivity index (χ1) is 12.8. The number of allylic oxidation sites excluding steroid dienone is 2. The van der Waals surface area contributed by atoms with Crippen molar-refractivity contribution < 1.29 is 0 Å². The number of hydrogen-bond donors (Lipinski definition) is 0. The first-order valence-electron chi connectivity index (χ1n) is 12.0. The quantitative estimate of drug-likeness (QED) is 0.149. The summed E-state index contributed by atoms with van der Waals surface area (Å²) in [6.45, 7) is 12.7. The maximum atomic E-state index is 3.95. The molecule has 26 heavy (non-hydrogen) atoms. The van der Waals surface area contributed by atoms with Gasteiger partial charge in [0.25, 0.3) is 0 Å². The van der Waals surface area contributed by atoms with E-state index in [0.717, 1.165) is 24.7 Å². The lowest BCUT2D eigenvalue weighted by Gasteiger charge is -2.23. The van der Waals surface area contributed by atoms with E-state index in [1.165, 1.54) is 103 Å². The summed E-state index contributed by atoms with van der Waals surface area (Å²) < 4.78 is 0. The Hall–Kier alpha value is -0.260. The van der Waals surface area contributed by atoms with Crippen LogP contribution in [-0.2, 0) is 0 Å². The van der Waals surface area contributed by atoms with Crippen LogP contribution in [0.15, 0.2) is 12.2 Å². The van der Waals surface area contributed by atoms with Crippen molar-refractivity contribution in [2.75, 3.05) is 0 Å². The molecule has 0 aromatic carbocycles. The third-order valence-electron chi connectivity index (χ3n) is 6.01. The van der Waals surface area contributed by atoms with E-state index in [1.54, 1.807) is 0 Å². The monoisotopic (exact) mass is 362 g/mol. The number of rotatable bonds is 20. The maximum absolute atomic E-state index is 3.95. The lowest BCUT2D eigenvalue weighted by molar-refractivity contribution is 0.288. The number of hydrogen-bond acceptors (Lipinski definition) is 0. The fourth-order valence-electron chi connectivity index (χ4n) is 3.86. The van der Waals surface area contributed by atoms with Crippen molar-refractivity contribution in [3.63, 3.8) is 0 Å². The summed E-state index contributed by atoms with van der Waals surface area (Å²) in [5, 5.41) is 0. The fraction of sp³-hybridized carbons (Fsp3) is 0.846. The normalized spacial score (nSPS) is 14.2. The van der Waals surface area contributed by atoms with Gasteiger partial charge < -0.3 is 0 Å². The molecule has 0 nitrogen and oxygen atoms in total. The molecule has 0 aliphatic rings. The highest BCUT2D eigenvalue weighted by atomic mass is 14.2. The Morgan fingerprint density at radius 2 is 1.04 bits per heavy atom. The number of unbranched alkanes of at least 4 members (excludes halogenated alkanes) is 12. The van der Waals surface area contributed by atoms with Crippen LogP contribution in [0.25, 0.3) is 0 Å². The topological polar surface area (TPSA) is 0 Å². The van der Waals surface area contributed by atoms with Crippen molar-refractivity contribution in [2.45, 2.75) is 129 Å². The molecule has 0 heterocycles. The second kappa shape index (κ2) is 21.0. The van der Waals surface area contributed by atoms with E-state index in [4.69, 9.17) is 0 Å². The minimum absolute atomic E-state index is 0.911. The van der Waals surface area contributed by atoms with Gasteiger partial charge in [0, 0.05) is 0 Å². The summed E-state index contributed by atoms with van der Waals surface area (Å²) in [4.78, 5) is 0. The highest BCUT2D eigenvalue weighted by Gasteiger charge is 2.14. The van der Waals surface area contributed by atoms with Crippen molar-refractivity contribution in [1.82, 2.24) is 0 Å². The predicted molar refractivity (Wildman–Crippen MR) is 121 cm³/mol. The lowest BCUT2D eigenvalue weighted by atomic mass is 9.83. The molecular weight excluding hydrogens is 312 g/mol. The van der Waals surface area contributed by atoms with Crippen molar-refractivity contribution in [2.24, 2.45) is 11.8 Å². The summed E-state index contributed by atoms with van der Waals surface area (Å²) in [7, 11) is 0. The molecule has 154 valence electrons. The molecule has 0 rings (SSSR count). The van der Waals surface area contributed by atoms with E-state index in [1.807, 2.05) is 0 Å². The molecule has 0 aliphatic heterocycles. The van der Waals surface area contributed by atoms with Gasteiger partial charge in [0.15, 0.2) is 0 Å². The van der Waals surface area contributed by atoms with Crippen LogP contribution in [0.5, 0.6) is 0 Å². The summed E-state index contributed by atoms with van der Waals surface area (Å²) in [5.74, 6) is 1.88. The molecule has 0 aliphatic carbocycles. The standard InChI is InChI=1S/C26H50/c1-5-8-10-12-13-14-15-16-17-18-20-22-24-26(25(4)7-3)23-21-19-11-9-6-2/h14-15,25-26H,1-2,5-13,16-24H2,3-4H3/b15-14+. The molecule has 2 atom stereocenters. The molecule has 0 heteroatoms. The minimum atomic E-state index is 0.911. The van der Waals surface area contributed by atoms with E-state index < -0.39 is 0 Å². The second-order valence-corrected chi connectivity index (χ2v) is 8.37. The smallest absolute Gasteiger partial charge is 0.0351 e. The highest BCUT2D eigenvalue weighted by molar-refractivity contribution is 4.81. The van der Waals surface area contributed by atoms with Crippen LogP contribution in [0.4, 0.5) is 0 Å². The Kier molecular flexibility index (Phi) is 20.8. The zero-order valence-electron chi connectivity index (χ0n) is 18.5. The van der Waals surface area contributed by atoms with Gasteiger partial charge >= 0.3 is 0 Å². The van der Waals surface area contributed by atoms with Crippen LogP contribution in [0.3, 0.4) is 0 Å². The van der Waals surface area contributed by atoms with E-state index >= 15 is 0 Å². The molecule has 0 saturated heterocycles. The van der Waals surface area contributed by atoms with Crippen LogP contribution in [-0.4, -0.2) is 0 Å². The van der Waals surface area contributed by atoms with Crippen molar-refractivity contribution in [3.8, 4) is 0 Å². The van der Waals surface area contributed by atoms with Crippen LogP contribution in [0.2, 0.25) is 0 Å². The third kappa shape index (κ3) is 17.2. The molecule has 0 aromatic rings. The van der Waals surface area contributed by atoms with Crippen molar-refractivity contribution in [1.29, 1.82) is 0 Å². The van der Waals surface area contributed by atoms with Gasteiger partial charge in [-0.1, -0.05) is 130 Å². The Bertz CT molecular complexity index is 278. The largest absolute Gasteiger partial charge is 0.0885 e. The summed E-state index contributed by atoms with van der Waals surface area (Å²) in [6.07, 6.45) is 29.1. The van der Waals surface area contributed by atoms with Gasteiger partial charge in [-0.2, -0.15) is 0 Å². The molecular formula is C26H50. The van der Waals surface area contributed by atoms with E-state index in [-0.39, 0.29) is 0 Å². The third-order valence-corrected chi connectivity index (χ3v) is 6.01. The van der Waals surface area contributed by atoms with E-state index in [0.29, 0.717) is 0 Å². The predicted octanol–water partition coefficient (Wildman–Crippen LogP) is 9.50. The highest BCUT2D eigenvalue weighted by Crippen LogP contribution is 2.27. The van der Waals surface area contributed by atoms with Gasteiger partial charge in [-0.3, -0.25) is 0 Å². The molecule has 0 N–H and O–H groups in total.